The molecule has 2 saturated heterocycles. The molecule has 2 aliphatic heterocycles. The summed E-state index contributed by atoms with van der Waals surface area (Å²) in [7, 11) is -3.93. The molecule has 2 rings (SSSR count). The fourth-order valence-electron chi connectivity index (χ4n) is 3.03. The van der Waals surface area contributed by atoms with Gasteiger partial charge in [0.1, 0.15) is 0 Å². The van der Waals surface area contributed by atoms with Gasteiger partial charge in [-0.1, -0.05) is 6.42 Å². The first-order chi connectivity index (χ1) is 9.76. The minimum absolute atomic E-state index is 0.0288. The molecule has 1 N–H and O–H groups in total. The zero-order valence-electron chi connectivity index (χ0n) is 11.7. The fourth-order valence-corrected chi connectivity index (χ4v) is 4.96. The first-order valence-electron chi connectivity index (χ1n) is 7.21. The topological polar surface area (TPSA) is 60.9 Å². The summed E-state index contributed by atoms with van der Waals surface area (Å²) in [5.74, 6) is -1.60. The van der Waals surface area contributed by atoms with Gasteiger partial charge < -0.3 is 5.11 Å². The second kappa shape index (κ2) is 6.39. The molecule has 2 heterocycles. The van der Waals surface area contributed by atoms with E-state index in [9.17, 15) is 26.7 Å². The van der Waals surface area contributed by atoms with Crippen molar-refractivity contribution in [3.8, 4) is 0 Å². The zero-order chi connectivity index (χ0) is 15.7. The molecule has 9 heteroatoms. The van der Waals surface area contributed by atoms with Crippen LogP contribution in [0.2, 0.25) is 0 Å². The van der Waals surface area contributed by atoms with Gasteiger partial charge in [-0.3, -0.25) is 0 Å². The van der Waals surface area contributed by atoms with Crippen molar-refractivity contribution >= 4 is 10.2 Å². The molecule has 5 nitrogen and oxygen atoms in total. The van der Waals surface area contributed by atoms with Crippen molar-refractivity contribution in [1.82, 2.24) is 8.61 Å². The second-order valence-electron chi connectivity index (χ2n) is 5.69. The lowest BCUT2D eigenvalue weighted by Crippen LogP contribution is -2.55. The number of halogens is 3. The van der Waals surface area contributed by atoms with Crippen molar-refractivity contribution in [2.75, 3.05) is 26.2 Å². The van der Waals surface area contributed by atoms with Crippen LogP contribution in [-0.4, -0.2) is 60.6 Å². The Morgan fingerprint density at radius 3 is 2.43 bits per heavy atom. The van der Waals surface area contributed by atoms with Gasteiger partial charge in [0.15, 0.2) is 0 Å². The second-order valence-corrected chi connectivity index (χ2v) is 7.57. The smallest absolute Gasteiger partial charge is 0.393 e. The Kier molecular flexibility index (Phi) is 5.17. The van der Waals surface area contributed by atoms with Crippen LogP contribution in [0.4, 0.5) is 13.2 Å². The predicted octanol–water partition coefficient (Wildman–Crippen LogP) is 1.35. The number of hydrogen-bond donors (Lipinski definition) is 1. The minimum atomic E-state index is -4.37. The van der Waals surface area contributed by atoms with Gasteiger partial charge in [-0.25, -0.2) is 0 Å². The number of aliphatic hydroxyl groups is 1. The summed E-state index contributed by atoms with van der Waals surface area (Å²) in [6.07, 6.45) is -2.15. The van der Waals surface area contributed by atoms with Gasteiger partial charge in [0.25, 0.3) is 10.2 Å². The van der Waals surface area contributed by atoms with E-state index in [-0.39, 0.29) is 32.5 Å². The summed E-state index contributed by atoms with van der Waals surface area (Å²) in [5.41, 5.74) is 0. The van der Waals surface area contributed by atoms with Crippen molar-refractivity contribution in [3.05, 3.63) is 0 Å². The van der Waals surface area contributed by atoms with E-state index in [1.807, 2.05) is 0 Å². The maximum absolute atomic E-state index is 12.8. The number of aliphatic hydroxyl groups excluding tert-OH is 1. The maximum Gasteiger partial charge on any atom is 0.393 e. The molecular weight excluding hydrogens is 309 g/mol. The minimum Gasteiger partial charge on any atom is -0.395 e. The average molecular weight is 330 g/mol. The van der Waals surface area contributed by atoms with Gasteiger partial charge in [-0.2, -0.15) is 30.2 Å². The maximum atomic E-state index is 12.8. The number of alkyl halides is 3. The zero-order valence-corrected chi connectivity index (χ0v) is 12.5. The van der Waals surface area contributed by atoms with E-state index in [1.165, 1.54) is 4.31 Å². The van der Waals surface area contributed by atoms with E-state index in [1.54, 1.807) is 0 Å². The van der Waals surface area contributed by atoms with Gasteiger partial charge >= 0.3 is 6.18 Å². The normalized spacial score (nSPS) is 30.5. The molecule has 0 aliphatic carbocycles. The molecule has 2 atom stereocenters. The Labute approximate surface area is 122 Å². The molecule has 2 aliphatic rings. The van der Waals surface area contributed by atoms with Crippen LogP contribution >= 0.6 is 0 Å². The van der Waals surface area contributed by atoms with Crippen LogP contribution in [0.1, 0.15) is 32.1 Å². The Bertz CT molecular complexity index is 455. The van der Waals surface area contributed by atoms with Crippen LogP contribution in [0.5, 0.6) is 0 Å². The van der Waals surface area contributed by atoms with Crippen LogP contribution in [-0.2, 0) is 10.2 Å². The van der Waals surface area contributed by atoms with Crippen molar-refractivity contribution in [2.45, 2.75) is 44.3 Å². The Hall–Kier alpha value is -0.380. The third-order valence-corrected chi connectivity index (χ3v) is 6.31. The molecular formula is C12H21F3N2O3S. The molecule has 2 unspecified atom stereocenters. The third-order valence-electron chi connectivity index (χ3n) is 4.25. The quantitative estimate of drug-likeness (QED) is 0.850. The predicted molar refractivity (Wildman–Crippen MR) is 70.7 cm³/mol. The first kappa shape index (κ1) is 17.0. The van der Waals surface area contributed by atoms with E-state index in [0.717, 1.165) is 10.7 Å². The monoisotopic (exact) mass is 330 g/mol. The summed E-state index contributed by atoms with van der Waals surface area (Å²) in [6.45, 7) is -0.430. The molecule has 0 aromatic carbocycles. The molecule has 0 bridgehead atoms. The highest BCUT2D eigenvalue weighted by Gasteiger charge is 2.46. The summed E-state index contributed by atoms with van der Waals surface area (Å²) in [6, 6.07) is -0.519. The van der Waals surface area contributed by atoms with Crippen LogP contribution in [0.25, 0.3) is 0 Å². The fraction of sp³-hybridized carbons (Fsp3) is 1.00. The van der Waals surface area contributed by atoms with Gasteiger partial charge in [0.2, 0.25) is 0 Å². The molecule has 21 heavy (non-hydrogen) atoms. The number of nitrogens with zero attached hydrogens (tertiary/aromatic N) is 2. The van der Waals surface area contributed by atoms with E-state index >= 15 is 0 Å². The number of rotatable bonds is 3. The third kappa shape index (κ3) is 3.69. The van der Waals surface area contributed by atoms with Crippen molar-refractivity contribution in [2.24, 2.45) is 5.92 Å². The van der Waals surface area contributed by atoms with Gasteiger partial charge in [-0.15, -0.1) is 0 Å². The Balaban J connectivity index is 2.14. The van der Waals surface area contributed by atoms with Crippen molar-refractivity contribution in [3.63, 3.8) is 0 Å². The molecule has 124 valence electrons. The van der Waals surface area contributed by atoms with E-state index in [4.69, 9.17) is 0 Å². The van der Waals surface area contributed by atoms with Crippen molar-refractivity contribution < 1.29 is 26.7 Å². The van der Waals surface area contributed by atoms with E-state index < -0.39 is 34.9 Å². The number of piperidine rings is 2. The van der Waals surface area contributed by atoms with Crippen LogP contribution < -0.4 is 0 Å². The highest BCUT2D eigenvalue weighted by atomic mass is 32.2. The highest BCUT2D eigenvalue weighted by molar-refractivity contribution is 7.86. The van der Waals surface area contributed by atoms with Crippen LogP contribution in [0.15, 0.2) is 0 Å². The van der Waals surface area contributed by atoms with Gasteiger partial charge in [0, 0.05) is 25.7 Å². The summed E-state index contributed by atoms with van der Waals surface area (Å²) in [4.78, 5) is 0. The lowest BCUT2D eigenvalue weighted by atomic mass is 9.99. The average Bonchev–Trinajstić information content (AvgIpc) is 2.46. The summed E-state index contributed by atoms with van der Waals surface area (Å²) in [5, 5.41) is 9.30. The van der Waals surface area contributed by atoms with Crippen LogP contribution in [0, 0.1) is 5.92 Å². The van der Waals surface area contributed by atoms with Gasteiger partial charge in [0.05, 0.1) is 12.5 Å². The Morgan fingerprint density at radius 1 is 1.10 bits per heavy atom. The van der Waals surface area contributed by atoms with Gasteiger partial charge in [-0.05, 0) is 25.7 Å². The SMILES string of the molecule is O=S(=O)(N1CCCC(C(F)(F)F)C1)N1CCCCC1CO. The summed E-state index contributed by atoms with van der Waals surface area (Å²) >= 11 is 0. The Morgan fingerprint density at radius 2 is 1.81 bits per heavy atom. The van der Waals surface area contributed by atoms with E-state index in [2.05, 4.69) is 0 Å². The standard InChI is InChI=1S/C12H21F3N2O3S/c13-12(14,15)10-4-3-6-16(8-10)21(19,20)17-7-2-1-5-11(17)9-18/h10-11,18H,1-9H2. The molecule has 0 saturated carbocycles. The number of hydrogen-bond acceptors (Lipinski definition) is 3. The largest absolute Gasteiger partial charge is 0.395 e. The molecule has 0 aromatic rings. The lowest BCUT2D eigenvalue weighted by molar-refractivity contribution is -0.182. The highest BCUT2D eigenvalue weighted by Crippen LogP contribution is 2.35. The molecule has 0 amide bonds. The lowest BCUT2D eigenvalue weighted by Gasteiger charge is -2.40. The first-order valence-corrected chi connectivity index (χ1v) is 8.61. The van der Waals surface area contributed by atoms with Crippen molar-refractivity contribution in [1.29, 1.82) is 0 Å². The molecule has 0 spiro atoms. The molecule has 0 aromatic heterocycles. The summed E-state index contributed by atoms with van der Waals surface area (Å²) < 4.78 is 65.7. The van der Waals surface area contributed by atoms with E-state index in [0.29, 0.717) is 12.8 Å². The molecule has 0 radical (unpaired) electrons. The van der Waals surface area contributed by atoms with Crippen LogP contribution in [0.3, 0.4) is 0 Å². The molecule has 2 fully saturated rings.